The lowest BCUT2D eigenvalue weighted by Crippen LogP contribution is -2.40. The van der Waals surface area contributed by atoms with Crippen molar-refractivity contribution in [2.45, 2.75) is 25.8 Å². The number of aryl methyl sites for hydroxylation is 1. The van der Waals surface area contributed by atoms with E-state index in [-0.39, 0.29) is 24.0 Å². The van der Waals surface area contributed by atoms with Crippen LogP contribution in [-0.4, -0.2) is 49.7 Å². The number of aliphatic imine (C=N–C) groups is 1. The number of likely N-dealkylation sites (tertiary alicyclic amines) is 1. The van der Waals surface area contributed by atoms with Crippen LogP contribution >= 0.6 is 35.3 Å². The Kier molecular flexibility index (Phi) is 6.17. The molecular weight excluding hydrogens is 461 g/mol. The number of fused-ring (bicyclic) bond motifs is 1. The fourth-order valence-electron chi connectivity index (χ4n) is 3.31. The number of hydrogen-bond donors (Lipinski definition) is 1. The van der Waals surface area contributed by atoms with Crippen molar-refractivity contribution in [2.75, 3.05) is 19.6 Å². The minimum Gasteiger partial charge on any atom is -0.357 e. The van der Waals surface area contributed by atoms with Gasteiger partial charge in [0, 0.05) is 56.6 Å². The smallest absolute Gasteiger partial charge is 0.194 e. The second kappa shape index (κ2) is 8.38. The zero-order valence-electron chi connectivity index (χ0n) is 15.0. The number of hydrogen-bond acceptors (Lipinski definition) is 4. The van der Waals surface area contributed by atoms with Crippen LogP contribution in [0.2, 0.25) is 0 Å². The van der Waals surface area contributed by atoms with Crippen LogP contribution in [0.1, 0.15) is 30.5 Å². The van der Waals surface area contributed by atoms with Crippen molar-refractivity contribution in [2.24, 2.45) is 12.0 Å². The predicted molar refractivity (Wildman–Crippen MR) is 115 cm³/mol. The predicted octanol–water partition coefficient (Wildman–Crippen LogP) is 2.70. The van der Waals surface area contributed by atoms with E-state index in [0.29, 0.717) is 12.5 Å². The van der Waals surface area contributed by atoms with Crippen molar-refractivity contribution in [3.05, 3.63) is 41.4 Å². The van der Waals surface area contributed by atoms with Crippen LogP contribution in [0, 0.1) is 0 Å². The van der Waals surface area contributed by atoms with E-state index in [2.05, 4.69) is 44.0 Å². The molecule has 7 nitrogen and oxygen atoms in total. The Morgan fingerprint density at radius 1 is 1.42 bits per heavy atom. The molecule has 3 aromatic rings. The Labute approximate surface area is 174 Å². The number of halogens is 1. The highest BCUT2D eigenvalue weighted by Gasteiger charge is 2.26. The highest BCUT2D eigenvalue weighted by atomic mass is 127. The van der Waals surface area contributed by atoms with Gasteiger partial charge in [-0.25, -0.2) is 9.98 Å². The van der Waals surface area contributed by atoms with Gasteiger partial charge in [-0.3, -0.25) is 9.08 Å². The van der Waals surface area contributed by atoms with E-state index in [4.69, 9.17) is 4.99 Å². The van der Waals surface area contributed by atoms with Crippen molar-refractivity contribution < 1.29 is 0 Å². The molecule has 9 heteroatoms. The Morgan fingerprint density at radius 2 is 2.31 bits per heavy atom. The zero-order chi connectivity index (χ0) is 17.2. The van der Waals surface area contributed by atoms with Crippen LogP contribution in [0.25, 0.3) is 4.96 Å². The highest BCUT2D eigenvalue weighted by Crippen LogP contribution is 2.26. The summed E-state index contributed by atoms with van der Waals surface area (Å²) in [7, 11) is 1.97. The number of guanidine groups is 1. The molecule has 4 heterocycles. The molecule has 4 rings (SSSR count). The number of nitrogens with zero attached hydrogens (tertiary/aromatic N) is 6. The first-order chi connectivity index (χ1) is 12.2. The summed E-state index contributed by atoms with van der Waals surface area (Å²) >= 11 is 1.65. The molecule has 1 N–H and O–H groups in total. The van der Waals surface area contributed by atoms with E-state index in [1.165, 1.54) is 5.56 Å². The van der Waals surface area contributed by atoms with Gasteiger partial charge in [0.2, 0.25) is 0 Å². The van der Waals surface area contributed by atoms with Gasteiger partial charge in [0.25, 0.3) is 0 Å². The number of thiazole rings is 1. The van der Waals surface area contributed by atoms with Gasteiger partial charge in [0.1, 0.15) is 0 Å². The third kappa shape index (κ3) is 4.03. The SMILES string of the molecule is CCNC(=NCc1cn2ccsc2n1)N1CCC(c2cnn(C)c2)C1.I. The van der Waals surface area contributed by atoms with E-state index >= 15 is 0 Å². The molecular formula is C17H24IN7S. The number of aromatic nitrogens is 4. The standard InChI is InChI=1S/C17H23N7S.HI/c1-3-18-16(19-9-15-12-24-6-7-25-17(24)21-15)23-5-4-13(11-23)14-8-20-22(2)10-14;/h6-8,10,12-13H,3-5,9,11H2,1-2H3,(H,18,19);1H. The molecule has 3 aromatic heterocycles. The molecule has 0 radical (unpaired) electrons. The molecule has 1 atom stereocenters. The Hall–Kier alpha value is -1.62. The lowest BCUT2D eigenvalue weighted by atomic mass is 10.0. The first-order valence-electron chi connectivity index (χ1n) is 8.66. The van der Waals surface area contributed by atoms with Crippen LogP contribution in [0.5, 0.6) is 0 Å². The average molecular weight is 485 g/mol. The van der Waals surface area contributed by atoms with Crippen molar-refractivity contribution in [1.29, 1.82) is 0 Å². The number of imidazole rings is 1. The van der Waals surface area contributed by atoms with E-state index in [9.17, 15) is 0 Å². The maximum atomic E-state index is 4.81. The molecule has 140 valence electrons. The van der Waals surface area contributed by atoms with Gasteiger partial charge in [0.05, 0.1) is 18.4 Å². The van der Waals surface area contributed by atoms with E-state index in [1.807, 2.05) is 29.5 Å². The van der Waals surface area contributed by atoms with E-state index in [1.54, 1.807) is 11.3 Å². The van der Waals surface area contributed by atoms with Gasteiger partial charge in [-0.1, -0.05) is 0 Å². The van der Waals surface area contributed by atoms with Crippen molar-refractivity contribution in [3.8, 4) is 0 Å². The largest absolute Gasteiger partial charge is 0.357 e. The zero-order valence-corrected chi connectivity index (χ0v) is 18.1. The molecule has 0 spiro atoms. The Bertz CT molecular complexity index is 852. The van der Waals surface area contributed by atoms with Gasteiger partial charge in [-0.2, -0.15) is 5.10 Å². The topological polar surface area (TPSA) is 62.8 Å². The molecule has 1 unspecified atom stereocenters. The van der Waals surface area contributed by atoms with Gasteiger partial charge >= 0.3 is 0 Å². The second-order valence-corrected chi connectivity index (χ2v) is 7.25. The summed E-state index contributed by atoms with van der Waals surface area (Å²) in [6.07, 6.45) is 9.33. The van der Waals surface area contributed by atoms with Gasteiger partial charge in [-0.05, 0) is 18.9 Å². The lowest BCUT2D eigenvalue weighted by molar-refractivity contribution is 0.486. The van der Waals surface area contributed by atoms with Crippen LogP contribution in [0.3, 0.4) is 0 Å². The Morgan fingerprint density at radius 3 is 3.04 bits per heavy atom. The fourth-order valence-corrected chi connectivity index (χ4v) is 4.03. The first kappa shape index (κ1) is 19.2. The Balaban J connectivity index is 0.00000196. The van der Waals surface area contributed by atoms with Crippen molar-refractivity contribution in [1.82, 2.24) is 29.4 Å². The molecule has 0 amide bonds. The van der Waals surface area contributed by atoms with Gasteiger partial charge in [-0.15, -0.1) is 35.3 Å². The molecule has 1 aliphatic heterocycles. The molecule has 1 fully saturated rings. The number of nitrogens with one attached hydrogen (secondary N) is 1. The van der Waals surface area contributed by atoms with Crippen LogP contribution in [0.15, 0.2) is 35.2 Å². The minimum absolute atomic E-state index is 0. The molecule has 0 aliphatic carbocycles. The summed E-state index contributed by atoms with van der Waals surface area (Å²) in [6.45, 7) is 5.58. The molecule has 0 aromatic carbocycles. The third-order valence-electron chi connectivity index (χ3n) is 4.55. The van der Waals surface area contributed by atoms with Gasteiger partial charge < -0.3 is 10.2 Å². The number of rotatable bonds is 4. The van der Waals surface area contributed by atoms with Crippen molar-refractivity contribution >= 4 is 46.2 Å². The third-order valence-corrected chi connectivity index (χ3v) is 5.32. The maximum Gasteiger partial charge on any atom is 0.194 e. The minimum atomic E-state index is 0. The quantitative estimate of drug-likeness (QED) is 0.351. The summed E-state index contributed by atoms with van der Waals surface area (Å²) in [6, 6.07) is 0. The fraction of sp³-hybridized carbons (Fsp3) is 0.471. The second-order valence-electron chi connectivity index (χ2n) is 6.37. The van der Waals surface area contributed by atoms with E-state index in [0.717, 1.165) is 42.7 Å². The monoisotopic (exact) mass is 485 g/mol. The summed E-state index contributed by atoms with van der Waals surface area (Å²) in [5.74, 6) is 1.50. The van der Waals surface area contributed by atoms with Gasteiger partial charge in [0.15, 0.2) is 10.9 Å². The van der Waals surface area contributed by atoms with Crippen LogP contribution in [0.4, 0.5) is 0 Å². The maximum absolute atomic E-state index is 4.81. The van der Waals surface area contributed by atoms with E-state index < -0.39 is 0 Å². The highest BCUT2D eigenvalue weighted by molar-refractivity contribution is 14.0. The molecule has 0 saturated carbocycles. The van der Waals surface area contributed by atoms with Crippen LogP contribution < -0.4 is 5.32 Å². The summed E-state index contributed by atoms with van der Waals surface area (Å²) in [4.78, 5) is 12.8. The van der Waals surface area contributed by atoms with Crippen molar-refractivity contribution in [3.63, 3.8) is 0 Å². The lowest BCUT2D eigenvalue weighted by Gasteiger charge is -2.21. The normalized spacial score (nSPS) is 17.7. The average Bonchev–Trinajstić information content (AvgIpc) is 3.34. The molecule has 1 saturated heterocycles. The first-order valence-corrected chi connectivity index (χ1v) is 9.53. The molecule has 26 heavy (non-hydrogen) atoms. The van der Waals surface area contributed by atoms with Crippen LogP contribution in [-0.2, 0) is 13.6 Å². The summed E-state index contributed by atoms with van der Waals surface area (Å²) < 4.78 is 3.93. The molecule has 1 aliphatic rings. The summed E-state index contributed by atoms with van der Waals surface area (Å²) in [5.41, 5.74) is 2.32. The molecule has 0 bridgehead atoms. The summed E-state index contributed by atoms with van der Waals surface area (Å²) in [5, 5.41) is 9.77.